The van der Waals surface area contributed by atoms with E-state index in [0.717, 1.165) is 31.0 Å². The van der Waals surface area contributed by atoms with Gasteiger partial charge in [0.1, 0.15) is 5.56 Å². The monoisotopic (exact) mass is 328 g/mol. The number of nitrogens with one attached hydrogen (secondary N) is 1. The van der Waals surface area contributed by atoms with E-state index in [1.807, 2.05) is 0 Å². The number of carbonyl (C=O) groups is 1. The zero-order chi connectivity index (χ0) is 14.1. The fourth-order valence-corrected chi connectivity index (χ4v) is 2.09. The van der Waals surface area contributed by atoms with Crippen LogP contribution in [0.15, 0.2) is 24.3 Å². The standard InChI is InChI=1S/C13H17BrN2O3/c14-9-5-1-2-6-10-15-13(17)11-7-3-4-8-12(11)16(18)19/h3-4,7-8H,1-2,5-6,9-10H2,(H,15,17). The summed E-state index contributed by atoms with van der Waals surface area (Å²) >= 11 is 3.36. The summed E-state index contributed by atoms with van der Waals surface area (Å²) in [6.07, 6.45) is 4.17. The number of nitro groups is 1. The normalized spacial score (nSPS) is 10.2. The maximum absolute atomic E-state index is 11.8. The number of nitrogens with zero attached hydrogens (tertiary/aromatic N) is 1. The van der Waals surface area contributed by atoms with Crippen LogP contribution in [0.5, 0.6) is 0 Å². The lowest BCUT2D eigenvalue weighted by Gasteiger charge is -2.05. The van der Waals surface area contributed by atoms with E-state index in [1.165, 1.54) is 12.1 Å². The van der Waals surface area contributed by atoms with Gasteiger partial charge in [-0.1, -0.05) is 40.9 Å². The van der Waals surface area contributed by atoms with E-state index < -0.39 is 4.92 Å². The van der Waals surface area contributed by atoms with E-state index in [0.29, 0.717) is 6.54 Å². The SMILES string of the molecule is O=C(NCCCCCCBr)c1ccccc1[N+](=O)[O-]. The second-order valence-corrected chi connectivity index (χ2v) is 4.93. The summed E-state index contributed by atoms with van der Waals surface area (Å²) in [5.74, 6) is -0.382. The number of carbonyl (C=O) groups excluding carboxylic acids is 1. The van der Waals surface area contributed by atoms with Crippen LogP contribution < -0.4 is 5.32 Å². The minimum Gasteiger partial charge on any atom is -0.352 e. The third kappa shape index (κ3) is 5.38. The molecule has 0 bridgehead atoms. The number of unbranched alkanes of at least 4 members (excludes halogenated alkanes) is 3. The van der Waals surface area contributed by atoms with Crippen LogP contribution in [-0.4, -0.2) is 22.7 Å². The molecule has 1 N–H and O–H groups in total. The first-order chi connectivity index (χ1) is 9.16. The zero-order valence-electron chi connectivity index (χ0n) is 10.6. The lowest BCUT2D eigenvalue weighted by Crippen LogP contribution is -2.25. The summed E-state index contributed by atoms with van der Waals surface area (Å²) in [6.45, 7) is 0.549. The van der Waals surface area contributed by atoms with Crippen molar-refractivity contribution in [3.8, 4) is 0 Å². The number of benzene rings is 1. The summed E-state index contributed by atoms with van der Waals surface area (Å²) in [5.41, 5.74) is -0.0350. The smallest absolute Gasteiger partial charge is 0.282 e. The first-order valence-electron chi connectivity index (χ1n) is 6.24. The van der Waals surface area contributed by atoms with Crippen LogP contribution in [0.2, 0.25) is 0 Å². The minimum absolute atomic E-state index is 0.118. The highest BCUT2D eigenvalue weighted by atomic mass is 79.9. The number of amides is 1. The van der Waals surface area contributed by atoms with Crippen molar-refractivity contribution in [3.63, 3.8) is 0 Å². The fourth-order valence-electron chi connectivity index (χ4n) is 1.70. The van der Waals surface area contributed by atoms with Crippen molar-refractivity contribution < 1.29 is 9.72 Å². The molecule has 0 spiro atoms. The van der Waals surface area contributed by atoms with Crippen LogP contribution in [0.4, 0.5) is 5.69 Å². The Labute approximate surface area is 120 Å². The Balaban J connectivity index is 2.43. The number of para-hydroxylation sites is 1. The van der Waals surface area contributed by atoms with Gasteiger partial charge in [0.25, 0.3) is 11.6 Å². The Morgan fingerprint density at radius 1 is 1.21 bits per heavy atom. The Bertz CT molecular complexity index is 438. The molecule has 19 heavy (non-hydrogen) atoms. The number of nitro benzene ring substituents is 1. The molecule has 1 amide bonds. The molecular formula is C13H17BrN2O3. The number of hydrogen-bond acceptors (Lipinski definition) is 3. The number of hydrogen-bond donors (Lipinski definition) is 1. The lowest BCUT2D eigenvalue weighted by molar-refractivity contribution is -0.385. The molecule has 0 aliphatic rings. The highest BCUT2D eigenvalue weighted by Crippen LogP contribution is 2.17. The van der Waals surface area contributed by atoms with Gasteiger partial charge >= 0.3 is 0 Å². The van der Waals surface area contributed by atoms with Gasteiger partial charge in [0.05, 0.1) is 4.92 Å². The van der Waals surface area contributed by atoms with Crippen molar-refractivity contribution in [2.24, 2.45) is 0 Å². The molecule has 0 atom stereocenters. The van der Waals surface area contributed by atoms with Crippen molar-refractivity contribution >= 4 is 27.5 Å². The molecule has 0 fully saturated rings. The minimum atomic E-state index is -0.537. The van der Waals surface area contributed by atoms with E-state index in [9.17, 15) is 14.9 Å². The van der Waals surface area contributed by atoms with Crippen molar-refractivity contribution in [1.29, 1.82) is 0 Å². The van der Waals surface area contributed by atoms with E-state index in [1.54, 1.807) is 12.1 Å². The molecule has 0 radical (unpaired) electrons. The second-order valence-electron chi connectivity index (χ2n) is 4.13. The number of rotatable bonds is 8. The Morgan fingerprint density at radius 2 is 1.89 bits per heavy atom. The van der Waals surface area contributed by atoms with Crippen LogP contribution >= 0.6 is 15.9 Å². The van der Waals surface area contributed by atoms with Gasteiger partial charge in [-0.3, -0.25) is 14.9 Å². The molecule has 0 heterocycles. The van der Waals surface area contributed by atoms with Crippen molar-refractivity contribution in [3.05, 3.63) is 39.9 Å². The molecule has 0 saturated heterocycles. The summed E-state index contributed by atoms with van der Waals surface area (Å²) in [6, 6.07) is 5.98. The van der Waals surface area contributed by atoms with Gasteiger partial charge in [0, 0.05) is 17.9 Å². The van der Waals surface area contributed by atoms with E-state index in [2.05, 4.69) is 21.2 Å². The topological polar surface area (TPSA) is 72.2 Å². The van der Waals surface area contributed by atoms with Crippen LogP contribution in [0, 0.1) is 10.1 Å². The zero-order valence-corrected chi connectivity index (χ0v) is 12.2. The number of halogens is 1. The first kappa shape index (κ1) is 15.6. The van der Waals surface area contributed by atoms with Crippen molar-refractivity contribution in [1.82, 2.24) is 5.32 Å². The molecule has 0 aromatic heterocycles. The van der Waals surface area contributed by atoms with Gasteiger partial charge in [0.15, 0.2) is 0 Å². The van der Waals surface area contributed by atoms with Gasteiger partial charge in [-0.2, -0.15) is 0 Å². The third-order valence-corrected chi connectivity index (χ3v) is 3.25. The fraction of sp³-hybridized carbons (Fsp3) is 0.462. The number of alkyl halides is 1. The molecule has 6 heteroatoms. The Hall–Kier alpha value is -1.43. The van der Waals surface area contributed by atoms with Gasteiger partial charge in [-0.05, 0) is 18.9 Å². The molecule has 5 nitrogen and oxygen atoms in total. The van der Waals surface area contributed by atoms with Gasteiger partial charge < -0.3 is 5.32 Å². The predicted molar refractivity (Wildman–Crippen MR) is 77.7 cm³/mol. The molecule has 104 valence electrons. The largest absolute Gasteiger partial charge is 0.352 e. The van der Waals surface area contributed by atoms with E-state index >= 15 is 0 Å². The third-order valence-electron chi connectivity index (χ3n) is 2.69. The molecule has 0 saturated carbocycles. The predicted octanol–water partition coefficient (Wildman–Crippen LogP) is 3.28. The van der Waals surface area contributed by atoms with Gasteiger partial charge in [-0.15, -0.1) is 0 Å². The molecule has 0 unspecified atom stereocenters. The quantitative estimate of drug-likeness (QED) is 0.344. The summed E-state index contributed by atoms with van der Waals surface area (Å²) in [4.78, 5) is 22.1. The van der Waals surface area contributed by atoms with E-state index in [4.69, 9.17) is 0 Å². The van der Waals surface area contributed by atoms with Gasteiger partial charge in [-0.25, -0.2) is 0 Å². The Kier molecular flexibility index (Phi) is 7.10. The summed E-state index contributed by atoms with van der Waals surface area (Å²) in [7, 11) is 0. The molecule has 0 aliphatic carbocycles. The highest BCUT2D eigenvalue weighted by Gasteiger charge is 2.18. The molecule has 1 rings (SSSR count). The van der Waals surface area contributed by atoms with Crippen molar-refractivity contribution in [2.75, 3.05) is 11.9 Å². The Morgan fingerprint density at radius 3 is 2.58 bits per heavy atom. The molecular weight excluding hydrogens is 312 g/mol. The van der Waals surface area contributed by atoms with Crippen molar-refractivity contribution in [2.45, 2.75) is 25.7 Å². The lowest BCUT2D eigenvalue weighted by atomic mass is 10.1. The summed E-state index contributed by atoms with van der Waals surface area (Å²) < 4.78 is 0. The first-order valence-corrected chi connectivity index (χ1v) is 7.36. The highest BCUT2D eigenvalue weighted by molar-refractivity contribution is 9.09. The average molecular weight is 329 g/mol. The maximum atomic E-state index is 11.8. The van der Waals surface area contributed by atoms with E-state index in [-0.39, 0.29) is 17.2 Å². The molecule has 0 aliphatic heterocycles. The van der Waals surface area contributed by atoms with Crippen LogP contribution in [-0.2, 0) is 0 Å². The maximum Gasteiger partial charge on any atom is 0.282 e. The van der Waals surface area contributed by atoms with Crippen LogP contribution in [0.1, 0.15) is 36.0 Å². The molecule has 1 aromatic rings. The average Bonchev–Trinajstić information content (AvgIpc) is 2.42. The molecule has 1 aromatic carbocycles. The second kappa shape index (κ2) is 8.63. The summed E-state index contributed by atoms with van der Waals surface area (Å²) in [5, 5.41) is 14.5. The van der Waals surface area contributed by atoms with Gasteiger partial charge in [0.2, 0.25) is 0 Å². The van der Waals surface area contributed by atoms with Crippen LogP contribution in [0.25, 0.3) is 0 Å². The van der Waals surface area contributed by atoms with Crippen LogP contribution in [0.3, 0.4) is 0 Å².